The molecule has 0 atom stereocenters. The molecule has 0 saturated carbocycles. The largest absolute Gasteiger partial charge is 0.320 e. The quantitative estimate of drug-likeness (QED) is 0.639. The zero-order valence-corrected chi connectivity index (χ0v) is 14.5. The molecule has 0 N–H and O–H groups in total. The molecule has 0 amide bonds. The Labute approximate surface area is 147 Å². The van der Waals surface area contributed by atoms with Crippen LogP contribution in [0.15, 0.2) is 61.2 Å². The normalized spacial score (nSPS) is 13.1. The molecule has 0 spiro atoms. The molecule has 25 heavy (non-hydrogen) atoms. The van der Waals surface area contributed by atoms with Crippen LogP contribution in [0.3, 0.4) is 0 Å². The van der Waals surface area contributed by atoms with Gasteiger partial charge < -0.3 is 4.57 Å². The molecule has 3 aromatic rings. The minimum atomic E-state index is -0.0240. The first-order chi connectivity index (χ1) is 12.1. The molecule has 1 aromatic heterocycles. The van der Waals surface area contributed by atoms with E-state index in [0.29, 0.717) is 17.8 Å². The summed E-state index contributed by atoms with van der Waals surface area (Å²) in [5, 5.41) is 0. The second kappa shape index (κ2) is 5.85. The van der Waals surface area contributed by atoms with E-state index in [9.17, 15) is 4.79 Å². The Morgan fingerprint density at radius 1 is 1.00 bits per heavy atom. The fourth-order valence-electron chi connectivity index (χ4n) is 3.47. The maximum Gasteiger partial charge on any atom is 0.211 e. The van der Waals surface area contributed by atoms with Gasteiger partial charge in [0.2, 0.25) is 5.78 Å². The van der Waals surface area contributed by atoms with Gasteiger partial charge in [-0.3, -0.25) is 4.79 Å². The summed E-state index contributed by atoms with van der Waals surface area (Å²) in [6, 6.07) is 18.1. The van der Waals surface area contributed by atoms with E-state index in [1.807, 2.05) is 42.5 Å². The fourth-order valence-corrected chi connectivity index (χ4v) is 3.47. The van der Waals surface area contributed by atoms with Gasteiger partial charge in [-0.15, -0.1) is 0 Å². The Kier molecular flexibility index (Phi) is 3.65. The average molecular weight is 328 g/mol. The van der Waals surface area contributed by atoms with Crippen molar-refractivity contribution >= 4 is 11.4 Å². The number of hydrogen-bond acceptors (Lipinski definition) is 2. The third kappa shape index (κ3) is 2.43. The van der Waals surface area contributed by atoms with E-state index in [4.69, 9.17) is 4.98 Å². The van der Waals surface area contributed by atoms with Gasteiger partial charge in [-0.25, -0.2) is 4.98 Å². The summed E-state index contributed by atoms with van der Waals surface area (Å²) in [5.41, 5.74) is 5.04. The van der Waals surface area contributed by atoms with Crippen LogP contribution in [0.1, 0.15) is 47.2 Å². The van der Waals surface area contributed by atoms with Crippen molar-refractivity contribution < 1.29 is 4.79 Å². The van der Waals surface area contributed by atoms with Gasteiger partial charge in [0.25, 0.3) is 0 Å². The topological polar surface area (TPSA) is 34.9 Å². The molecule has 3 heteroatoms. The van der Waals surface area contributed by atoms with Crippen LogP contribution in [-0.2, 0) is 6.54 Å². The number of carbonyl (C=O) groups is 1. The molecule has 3 nitrogen and oxygen atoms in total. The molecule has 0 bridgehead atoms. The third-order valence-corrected chi connectivity index (χ3v) is 4.69. The number of benzene rings is 2. The van der Waals surface area contributed by atoms with Crippen LogP contribution in [0.5, 0.6) is 0 Å². The second-order valence-corrected chi connectivity index (χ2v) is 6.75. The van der Waals surface area contributed by atoms with E-state index in [2.05, 4.69) is 37.1 Å². The molecule has 0 fully saturated rings. The predicted molar refractivity (Wildman–Crippen MR) is 101 cm³/mol. The Morgan fingerprint density at radius 3 is 2.32 bits per heavy atom. The van der Waals surface area contributed by atoms with Gasteiger partial charge in [-0.05, 0) is 11.1 Å². The van der Waals surface area contributed by atoms with Crippen molar-refractivity contribution in [1.82, 2.24) is 9.55 Å². The van der Waals surface area contributed by atoms with Crippen LogP contribution >= 0.6 is 0 Å². The van der Waals surface area contributed by atoms with Crippen molar-refractivity contribution in [2.24, 2.45) is 0 Å². The van der Waals surface area contributed by atoms with Crippen molar-refractivity contribution in [3.8, 4) is 11.3 Å². The molecule has 4 rings (SSSR count). The Bertz CT molecular complexity index is 981. The van der Waals surface area contributed by atoms with Gasteiger partial charge in [-0.2, -0.15) is 0 Å². The summed E-state index contributed by atoms with van der Waals surface area (Å²) in [7, 11) is 0. The van der Waals surface area contributed by atoms with Crippen LogP contribution < -0.4 is 0 Å². The highest BCUT2D eigenvalue weighted by atomic mass is 16.1. The van der Waals surface area contributed by atoms with Crippen LogP contribution in [0.2, 0.25) is 0 Å². The van der Waals surface area contributed by atoms with Crippen molar-refractivity contribution in [2.75, 3.05) is 0 Å². The van der Waals surface area contributed by atoms with Gasteiger partial charge in [0.15, 0.2) is 0 Å². The lowest BCUT2D eigenvalue weighted by molar-refractivity contribution is 0.104. The number of fused-ring (bicyclic) bond motifs is 3. The number of Topliss-reactive ketones (excluding diaryl/α,β-unsaturated/α-hetero) is 1. The lowest BCUT2D eigenvalue weighted by Crippen LogP contribution is -2.17. The first-order valence-electron chi connectivity index (χ1n) is 8.55. The molecule has 0 radical (unpaired) electrons. The Morgan fingerprint density at radius 2 is 1.64 bits per heavy atom. The number of carbonyl (C=O) groups excluding carboxylic acids is 1. The lowest BCUT2D eigenvalue weighted by Gasteiger charge is -2.19. The summed E-state index contributed by atoms with van der Waals surface area (Å²) in [4.78, 5) is 17.9. The van der Waals surface area contributed by atoms with Gasteiger partial charge in [0.05, 0.1) is 0 Å². The number of ketones is 1. The number of rotatable bonds is 3. The molecule has 0 unspecified atom stereocenters. The summed E-state index contributed by atoms with van der Waals surface area (Å²) in [6.45, 7) is 8.91. The molecular weight excluding hydrogens is 308 g/mol. The van der Waals surface area contributed by atoms with Crippen LogP contribution in [0.4, 0.5) is 0 Å². The van der Waals surface area contributed by atoms with Crippen LogP contribution in [0, 0.1) is 0 Å². The smallest absolute Gasteiger partial charge is 0.211 e. The van der Waals surface area contributed by atoms with E-state index in [-0.39, 0.29) is 11.7 Å². The first-order valence-corrected chi connectivity index (χ1v) is 8.55. The number of hydrogen-bond donors (Lipinski definition) is 0. The molecule has 1 aliphatic rings. The highest BCUT2D eigenvalue weighted by Gasteiger charge is 2.32. The monoisotopic (exact) mass is 328 g/mol. The van der Waals surface area contributed by atoms with Crippen LogP contribution in [-0.4, -0.2) is 15.3 Å². The van der Waals surface area contributed by atoms with Crippen molar-refractivity contribution in [1.29, 1.82) is 0 Å². The van der Waals surface area contributed by atoms with Crippen molar-refractivity contribution in [2.45, 2.75) is 26.3 Å². The molecule has 1 heterocycles. The minimum absolute atomic E-state index is 0.0240. The molecule has 2 aromatic carbocycles. The summed E-state index contributed by atoms with van der Waals surface area (Å²) in [5.74, 6) is 1.14. The summed E-state index contributed by atoms with van der Waals surface area (Å²) < 4.78 is 2.07. The zero-order valence-electron chi connectivity index (χ0n) is 14.5. The Hall–Kier alpha value is -2.94. The predicted octanol–water partition coefficient (Wildman–Crippen LogP) is 4.93. The highest BCUT2D eigenvalue weighted by molar-refractivity contribution is 6.33. The number of imidazole rings is 1. The van der Waals surface area contributed by atoms with E-state index in [1.165, 1.54) is 0 Å². The molecule has 124 valence electrons. The van der Waals surface area contributed by atoms with Gasteiger partial charge >= 0.3 is 0 Å². The van der Waals surface area contributed by atoms with Crippen LogP contribution in [0.25, 0.3) is 16.8 Å². The van der Waals surface area contributed by atoms with Gasteiger partial charge in [0, 0.05) is 23.6 Å². The van der Waals surface area contributed by atoms with Gasteiger partial charge in [0.1, 0.15) is 17.2 Å². The van der Waals surface area contributed by atoms with Gasteiger partial charge in [-0.1, -0.05) is 75.0 Å². The first kappa shape index (κ1) is 15.6. The zero-order chi connectivity index (χ0) is 17.6. The van der Waals surface area contributed by atoms with E-state index < -0.39 is 0 Å². The average Bonchev–Trinajstić information content (AvgIpc) is 3.00. The second-order valence-electron chi connectivity index (χ2n) is 6.75. The molecule has 1 aliphatic carbocycles. The standard InChI is InChI=1S/C22H20N2O/c1-14(2)22-23-19-18-12-8-7-11-17(18)15(3)21(25)20(19)24(22)13-16-9-5-4-6-10-16/h4-12,14H,3,13H2,1-2H3. The maximum absolute atomic E-state index is 13.1. The third-order valence-electron chi connectivity index (χ3n) is 4.69. The maximum atomic E-state index is 13.1. The molecule has 0 aliphatic heterocycles. The van der Waals surface area contributed by atoms with Crippen molar-refractivity contribution in [3.63, 3.8) is 0 Å². The summed E-state index contributed by atoms with van der Waals surface area (Å²) in [6.07, 6.45) is 0. The van der Waals surface area contributed by atoms with E-state index >= 15 is 0 Å². The number of nitrogens with zero attached hydrogens (tertiary/aromatic N) is 2. The lowest BCUT2D eigenvalue weighted by atomic mass is 9.88. The Balaban J connectivity index is 1.96. The number of aromatic nitrogens is 2. The SMILES string of the molecule is C=C1C(=O)c2c(nc(C(C)C)n2Cc2ccccc2)-c2ccccc21. The van der Waals surface area contributed by atoms with E-state index in [1.54, 1.807) is 0 Å². The summed E-state index contributed by atoms with van der Waals surface area (Å²) >= 11 is 0. The highest BCUT2D eigenvalue weighted by Crippen LogP contribution is 2.39. The molecular formula is C22H20N2O. The number of allylic oxidation sites excluding steroid dienone is 1. The van der Waals surface area contributed by atoms with E-state index in [0.717, 1.165) is 28.2 Å². The minimum Gasteiger partial charge on any atom is -0.320 e. The molecule has 0 saturated heterocycles. The fraction of sp³-hybridized carbons (Fsp3) is 0.182. The van der Waals surface area contributed by atoms with Crippen molar-refractivity contribution in [3.05, 3.63) is 83.8 Å².